The minimum Gasteiger partial charge on any atom is -0.383 e. The Hall–Kier alpha value is -2.22. The average Bonchev–Trinajstić information content (AvgIpc) is 2.91. The molecule has 0 aromatic carbocycles. The molecule has 2 aromatic heterocycles. The molecular formula is C11H17N7O. The second-order valence-corrected chi connectivity index (χ2v) is 4.16. The van der Waals surface area contributed by atoms with Gasteiger partial charge in [0.1, 0.15) is 0 Å². The Balaban J connectivity index is 2.31. The van der Waals surface area contributed by atoms with Crippen molar-refractivity contribution >= 4 is 11.9 Å². The summed E-state index contributed by atoms with van der Waals surface area (Å²) in [5.41, 5.74) is 5.72. The molecule has 0 bridgehead atoms. The maximum Gasteiger partial charge on any atom is 0.257 e. The standard InChI is InChI=1S/C11H17N7O/c1-8(7-19-3)17(2)10-14-9(12)15-11(16-10)18-6-4-5-13-18/h4-6,8H,7H2,1-3H3,(H2,12,14,15,16). The van der Waals surface area contributed by atoms with E-state index in [0.717, 1.165) is 0 Å². The fourth-order valence-electron chi connectivity index (χ4n) is 1.57. The molecule has 8 heteroatoms. The molecule has 1 atom stereocenters. The zero-order valence-corrected chi connectivity index (χ0v) is 11.2. The number of hydrogen-bond donors (Lipinski definition) is 1. The molecule has 1 unspecified atom stereocenters. The van der Waals surface area contributed by atoms with E-state index in [4.69, 9.17) is 10.5 Å². The molecule has 19 heavy (non-hydrogen) atoms. The summed E-state index contributed by atoms with van der Waals surface area (Å²) in [6, 6.07) is 1.91. The third-order valence-electron chi connectivity index (χ3n) is 2.72. The molecule has 0 saturated heterocycles. The highest BCUT2D eigenvalue weighted by molar-refractivity contribution is 5.37. The highest BCUT2D eigenvalue weighted by atomic mass is 16.5. The summed E-state index contributed by atoms with van der Waals surface area (Å²) in [7, 11) is 3.53. The number of likely N-dealkylation sites (N-methyl/N-ethyl adjacent to an activating group) is 1. The van der Waals surface area contributed by atoms with E-state index in [0.29, 0.717) is 18.5 Å². The van der Waals surface area contributed by atoms with Crippen molar-refractivity contribution in [1.82, 2.24) is 24.7 Å². The smallest absolute Gasteiger partial charge is 0.257 e. The molecule has 102 valence electrons. The normalized spacial score (nSPS) is 12.4. The first-order valence-electron chi connectivity index (χ1n) is 5.85. The summed E-state index contributed by atoms with van der Waals surface area (Å²) < 4.78 is 6.66. The molecule has 0 spiro atoms. The Morgan fingerprint density at radius 3 is 2.84 bits per heavy atom. The molecule has 0 amide bonds. The van der Waals surface area contributed by atoms with Gasteiger partial charge in [0.2, 0.25) is 11.9 Å². The molecule has 0 aliphatic rings. The molecule has 2 rings (SSSR count). The molecule has 0 radical (unpaired) electrons. The monoisotopic (exact) mass is 263 g/mol. The van der Waals surface area contributed by atoms with Crippen molar-refractivity contribution in [3.05, 3.63) is 18.5 Å². The number of nitrogens with two attached hydrogens (primary N) is 1. The van der Waals surface area contributed by atoms with Gasteiger partial charge in [0.15, 0.2) is 0 Å². The highest BCUT2D eigenvalue weighted by Crippen LogP contribution is 2.12. The van der Waals surface area contributed by atoms with Crippen LogP contribution >= 0.6 is 0 Å². The molecular weight excluding hydrogens is 246 g/mol. The number of rotatable bonds is 5. The van der Waals surface area contributed by atoms with Gasteiger partial charge in [0, 0.05) is 26.6 Å². The third-order valence-corrected chi connectivity index (χ3v) is 2.72. The average molecular weight is 263 g/mol. The Kier molecular flexibility index (Phi) is 3.91. The van der Waals surface area contributed by atoms with Gasteiger partial charge >= 0.3 is 0 Å². The van der Waals surface area contributed by atoms with Crippen LogP contribution in [0.4, 0.5) is 11.9 Å². The van der Waals surface area contributed by atoms with Crippen LogP contribution < -0.4 is 10.6 Å². The van der Waals surface area contributed by atoms with Crippen LogP contribution in [0.1, 0.15) is 6.92 Å². The molecule has 8 nitrogen and oxygen atoms in total. The van der Waals surface area contributed by atoms with Gasteiger partial charge in [-0.05, 0) is 13.0 Å². The van der Waals surface area contributed by atoms with Gasteiger partial charge in [0.25, 0.3) is 5.95 Å². The van der Waals surface area contributed by atoms with Crippen LogP contribution in [0.3, 0.4) is 0 Å². The fraction of sp³-hybridized carbons (Fsp3) is 0.455. The summed E-state index contributed by atoms with van der Waals surface area (Å²) in [5.74, 6) is 1.04. The zero-order chi connectivity index (χ0) is 13.8. The van der Waals surface area contributed by atoms with Crippen molar-refractivity contribution in [2.45, 2.75) is 13.0 Å². The summed E-state index contributed by atoms with van der Waals surface area (Å²) in [6.07, 6.45) is 3.40. The van der Waals surface area contributed by atoms with Crippen LogP contribution in [-0.4, -0.2) is 51.5 Å². The van der Waals surface area contributed by atoms with Crippen molar-refractivity contribution in [1.29, 1.82) is 0 Å². The van der Waals surface area contributed by atoms with Crippen molar-refractivity contribution in [3.63, 3.8) is 0 Å². The molecule has 0 fully saturated rings. The molecule has 2 aromatic rings. The van der Waals surface area contributed by atoms with Gasteiger partial charge in [-0.1, -0.05) is 0 Å². The summed E-state index contributed by atoms with van der Waals surface area (Å²) in [5, 5.41) is 4.07. The van der Waals surface area contributed by atoms with Crippen molar-refractivity contribution in [3.8, 4) is 5.95 Å². The topological polar surface area (TPSA) is 95.0 Å². The molecule has 2 heterocycles. The SMILES string of the molecule is COCC(C)N(C)c1nc(N)nc(-n2cccn2)n1. The fourth-order valence-corrected chi connectivity index (χ4v) is 1.57. The lowest BCUT2D eigenvalue weighted by Gasteiger charge is -2.24. The van der Waals surface area contributed by atoms with Crippen molar-refractivity contribution in [2.24, 2.45) is 0 Å². The lowest BCUT2D eigenvalue weighted by atomic mass is 10.3. The van der Waals surface area contributed by atoms with Crippen LogP contribution in [0.5, 0.6) is 0 Å². The number of aromatic nitrogens is 5. The van der Waals surface area contributed by atoms with Gasteiger partial charge in [-0.3, -0.25) is 0 Å². The Morgan fingerprint density at radius 1 is 1.42 bits per heavy atom. The molecule has 0 saturated carbocycles. The van der Waals surface area contributed by atoms with Crippen molar-refractivity contribution < 1.29 is 4.74 Å². The van der Waals surface area contributed by atoms with E-state index in [-0.39, 0.29) is 12.0 Å². The first-order valence-corrected chi connectivity index (χ1v) is 5.85. The third kappa shape index (κ3) is 2.97. The Labute approximate surface area is 111 Å². The summed E-state index contributed by atoms with van der Waals surface area (Å²) in [4.78, 5) is 14.4. The first kappa shape index (κ1) is 13.2. The van der Waals surface area contributed by atoms with E-state index in [2.05, 4.69) is 20.1 Å². The lowest BCUT2D eigenvalue weighted by Crippen LogP contribution is -2.34. The predicted octanol–water partition coefficient (Wildman–Crippen LogP) is 0.111. The number of anilines is 2. The maximum absolute atomic E-state index is 5.72. The first-order chi connectivity index (χ1) is 9.11. The number of methoxy groups -OCH3 is 1. The van der Waals surface area contributed by atoms with Crippen molar-refractivity contribution in [2.75, 3.05) is 31.4 Å². The van der Waals surface area contributed by atoms with E-state index >= 15 is 0 Å². The largest absolute Gasteiger partial charge is 0.383 e. The van der Waals surface area contributed by atoms with Crippen LogP contribution in [-0.2, 0) is 4.74 Å². The number of nitrogen functional groups attached to an aromatic ring is 1. The second kappa shape index (κ2) is 5.61. The quantitative estimate of drug-likeness (QED) is 0.818. The summed E-state index contributed by atoms with van der Waals surface area (Å²) in [6.45, 7) is 2.58. The maximum atomic E-state index is 5.72. The van der Waals surface area contributed by atoms with Gasteiger partial charge in [-0.25, -0.2) is 4.68 Å². The van der Waals surface area contributed by atoms with Crippen LogP contribution in [0, 0.1) is 0 Å². The summed E-state index contributed by atoms with van der Waals surface area (Å²) >= 11 is 0. The molecule has 0 aliphatic carbocycles. The second-order valence-electron chi connectivity index (χ2n) is 4.16. The van der Waals surface area contributed by atoms with Crippen LogP contribution in [0.15, 0.2) is 18.5 Å². The van der Waals surface area contributed by atoms with Gasteiger partial charge < -0.3 is 15.4 Å². The number of ether oxygens (including phenoxy) is 1. The van der Waals surface area contributed by atoms with E-state index in [1.807, 2.05) is 18.9 Å². The zero-order valence-electron chi connectivity index (χ0n) is 11.2. The van der Waals surface area contributed by atoms with E-state index in [1.54, 1.807) is 25.6 Å². The van der Waals surface area contributed by atoms with Gasteiger partial charge in [-0.2, -0.15) is 20.1 Å². The van der Waals surface area contributed by atoms with Crippen LogP contribution in [0.2, 0.25) is 0 Å². The van der Waals surface area contributed by atoms with E-state index < -0.39 is 0 Å². The van der Waals surface area contributed by atoms with E-state index in [1.165, 1.54) is 4.68 Å². The molecule has 0 aliphatic heterocycles. The number of hydrogen-bond acceptors (Lipinski definition) is 7. The number of nitrogens with zero attached hydrogens (tertiary/aromatic N) is 6. The Bertz CT molecular complexity index is 528. The van der Waals surface area contributed by atoms with E-state index in [9.17, 15) is 0 Å². The predicted molar refractivity (Wildman–Crippen MR) is 71.1 cm³/mol. The van der Waals surface area contributed by atoms with Crippen LogP contribution in [0.25, 0.3) is 5.95 Å². The lowest BCUT2D eigenvalue weighted by molar-refractivity contribution is 0.183. The van der Waals surface area contributed by atoms with Gasteiger partial charge in [-0.15, -0.1) is 0 Å². The highest BCUT2D eigenvalue weighted by Gasteiger charge is 2.15. The minimum absolute atomic E-state index is 0.122. The minimum atomic E-state index is 0.122. The molecule has 2 N–H and O–H groups in total. The Morgan fingerprint density at radius 2 is 2.21 bits per heavy atom. The van der Waals surface area contributed by atoms with Gasteiger partial charge in [0.05, 0.1) is 12.6 Å².